The van der Waals surface area contributed by atoms with Gasteiger partial charge in [0, 0.05) is 11.5 Å². The van der Waals surface area contributed by atoms with E-state index in [0.717, 1.165) is 11.5 Å². The molecule has 0 radical (unpaired) electrons. The van der Waals surface area contributed by atoms with Crippen LogP contribution in [0.2, 0.25) is 0 Å². The molecule has 0 aliphatic heterocycles. The van der Waals surface area contributed by atoms with Gasteiger partial charge in [0.1, 0.15) is 4.49 Å². The van der Waals surface area contributed by atoms with E-state index in [0.29, 0.717) is 5.13 Å². The highest BCUT2D eigenvalue weighted by atomic mass is 35.5. The van der Waals surface area contributed by atoms with Crippen LogP contribution in [0.3, 0.4) is 0 Å². The molecule has 0 bridgehead atoms. The average Bonchev–Trinajstić information content (AvgIpc) is 2.64. The zero-order valence-corrected chi connectivity index (χ0v) is 11.5. The van der Waals surface area contributed by atoms with Crippen LogP contribution in [0.5, 0.6) is 0 Å². The lowest BCUT2D eigenvalue weighted by Crippen LogP contribution is -2.16. The molecule has 0 saturated heterocycles. The fourth-order valence-electron chi connectivity index (χ4n) is 1.99. The molecular weight excluding hydrogens is 283 g/mol. The Morgan fingerprint density at radius 1 is 1.53 bits per heavy atom. The van der Waals surface area contributed by atoms with Crippen molar-refractivity contribution in [3.63, 3.8) is 0 Å². The van der Waals surface area contributed by atoms with Gasteiger partial charge >= 0.3 is 0 Å². The number of halogens is 2. The maximum Gasteiger partial charge on any atom is 0.231 e. The summed E-state index contributed by atoms with van der Waals surface area (Å²) in [5.74, 6) is -0.211. The Hall–Kier alpha value is -0.720. The normalized spacial score (nSPS) is 25.2. The molecular formula is C9H10Cl2N4OS. The fourth-order valence-corrected chi connectivity index (χ4v) is 2.63. The molecule has 2 atom stereocenters. The van der Waals surface area contributed by atoms with Crippen LogP contribution < -0.4 is 5.32 Å². The number of nitrogens with one attached hydrogen (secondary N) is 1. The largest absolute Gasteiger partial charge is 0.299 e. The molecule has 1 N–H and O–H groups in total. The van der Waals surface area contributed by atoms with Gasteiger partial charge in [0.2, 0.25) is 11.0 Å². The first kappa shape index (κ1) is 12.7. The minimum absolute atomic E-state index is 0.0494. The molecule has 1 heterocycles. The van der Waals surface area contributed by atoms with E-state index >= 15 is 0 Å². The Labute approximate surface area is 112 Å². The van der Waals surface area contributed by atoms with Crippen LogP contribution >= 0.6 is 34.7 Å². The summed E-state index contributed by atoms with van der Waals surface area (Å²) in [6, 6.07) is 0. The Morgan fingerprint density at radius 3 is 2.76 bits per heavy atom. The van der Waals surface area contributed by atoms with Gasteiger partial charge < -0.3 is 0 Å². The third-order valence-electron chi connectivity index (χ3n) is 3.03. The number of nitrogens with zero attached hydrogens (tertiary/aromatic N) is 3. The molecule has 1 aliphatic rings. The van der Waals surface area contributed by atoms with E-state index in [1.807, 2.05) is 13.8 Å². The summed E-state index contributed by atoms with van der Waals surface area (Å²) < 4.78 is 3.76. The van der Waals surface area contributed by atoms with Gasteiger partial charge in [0.15, 0.2) is 0 Å². The zero-order valence-electron chi connectivity index (χ0n) is 9.15. The third kappa shape index (κ3) is 2.59. The van der Waals surface area contributed by atoms with E-state index < -0.39 is 0 Å². The Kier molecular flexibility index (Phi) is 3.38. The predicted octanol–water partition coefficient (Wildman–Crippen LogP) is 2.46. The number of anilines is 1. The second kappa shape index (κ2) is 4.51. The molecule has 17 heavy (non-hydrogen) atoms. The van der Waals surface area contributed by atoms with Crippen LogP contribution in [-0.2, 0) is 4.79 Å². The van der Waals surface area contributed by atoms with Gasteiger partial charge in [-0.3, -0.25) is 10.1 Å². The van der Waals surface area contributed by atoms with Gasteiger partial charge in [-0.25, -0.2) is 0 Å². The van der Waals surface area contributed by atoms with Gasteiger partial charge in [0.05, 0.1) is 5.92 Å². The first-order chi connectivity index (χ1) is 7.93. The second-order valence-electron chi connectivity index (χ2n) is 4.44. The van der Waals surface area contributed by atoms with Crippen LogP contribution in [0, 0.1) is 17.3 Å². The van der Waals surface area contributed by atoms with E-state index in [1.54, 1.807) is 6.08 Å². The van der Waals surface area contributed by atoms with E-state index in [2.05, 4.69) is 20.1 Å². The molecule has 92 valence electrons. The van der Waals surface area contributed by atoms with Crippen molar-refractivity contribution in [1.29, 1.82) is 0 Å². The number of carbonyl (C=O) groups excluding carboxylic acids is 1. The number of hydrogen-bond donors (Lipinski definition) is 1. The van der Waals surface area contributed by atoms with E-state index in [1.165, 1.54) is 0 Å². The summed E-state index contributed by atoms with van der Waals surface area (Å²) in [7, 11) is 0. The number of aromatic nitrogens is 3. The monoisotopic (exact) mass is 292 g/mol. The molecule has 0 aromatic carbocycles. The van der Waals surface area contributed by atoms with Crippen LogP contribution in [0.1, 0.15) is 13.8 Å². The van der Waals surface area contributed by atoms with Crippen LogP contribution in [-0.4, -0.2) is 20.7 Å². The van der Waals surface area contributed by atoms with E-state index in [-0.39, 0.29) is 27.6 Å². The first-order valence-electron chi connectivity index (χ1n) is 4.91. The van der Waals surface area contributed by atoms with Crippen LogP contribution in [0.4, 0.5) is 5.13 Å². The molecule has 0 spiro atoms. The summed E-state index contributed by atoms with van der Waals surface area (Å²) >= 11 is 12.3. The highest BCUT2D eigenvalue weighted by molar-refractivity contribution is 7.09. The lowest BCUT2D eigenvalue weighted by molar-refractivity contribution is -0.118. The average molecular weight is 293 g/mol. The first-order valence-corrected chi connectivity index (χ1v) is 6.44. The van der Waals surface area contributed by atoms with E-state index in [4.69, 9.17) is 23.2 Å². The quantitative estimate of drug-likeness (QED) is 0.929. The third-order valence-corrected chi connectivity index (χ3v) is 3.79. The van der Waals surface area contributed by atoms with Gasteiger partial charge in [-0.1, -0.05) is 46.6 Å². The summed E-state index contributed by atoms with van der Waals surface area (Å²) in [4.78, 5) is 12.0. The zero-order chi connectivity index (χ0) is 12.6. The SMILES string of the molecule is CC1(C)C(C=C(Cl)Cl)C1C(=O)Nc1nnns1. The lowest BCUT2D eigenvalue weighted by Gasteiger charge is -2.01. The molecule has 8 heteroatoms. The standard InChI is InChI=1S/C9H10Cl2N4OS/c1-9(2)4(3-5(10)11)6(9)7(16)12-8-13-14-15-17-8/h3-4,6H,1-2H3,(H,12,13,15,16). The minimum Gasteiger partial charge on any atom is -0.299 e. The molecule has 1 saturated carbocycles. The summed E-state index contributed by atoms with van der Waals surface area (Å²) in [5.41, 5.74) is -0.142. The van der Waals surface area contributed by atoms with Crippen molar-refractivity contribution < 1.29 is 4.79 Å². The topological polar surface area (TPSA) is 67.8 Å². The fraction of sp³-hybridized carbons (Fsp3) is 0.556. The maximum absolute atomic E-state index is 12.0. The summed E-state index contributed by atoms with van der Waals surface area (Å²) in [5, 5.41) is 10.1. The van der Waals surface area contributed by atoms with Crippen molar-refractivity contribution in [3.8, 4) is 0 Å². The van der Waals surface area contributed by atoms with Crippen molar-refractivity contribution in [2.75, 3.05) is 5.32 Å². The summed E-state index contributed by atoms with van der Waals surface area (Å²) in [6.07, 6.45) is 1.70. The molecule has 1 aliphatic carbocycles. The second-order valence-corrected chi connectivity index (χ2v) is 6.18. The molecule has 5 nitrogen and oxygen atoms in total. The van der Waals surface area contributed by atoms with Gasteiger partial charge in [-0.2, -0.15) is 0 Å². The van der Waals surface area contributed by atoms with Gasteiger partial charge in [-0.15, -0.1) is 0 Å². The number of rotatable bonds is 3. The van der Waals surface area contributed by atoms with Crippen molar-refractivity contribution in [1.82, 2.24) is 14.8 Å². The number of amides is 1. The van der Waals surface area contributed by atoms with Crippen molar-refractivity contribution in [2.24, 2.45) is 17.3 Å². The number of carbonyl (C=O) groups is 1. The maximum atomic E-state index is 12.0. The minimum atomic E-state index is -0.154. The van der Waals surface area contributed by atoms with Crippen LogP contribution in [0.15, 0.2) is 10.6 Å². The number of allylic oxidation sites excluding steroid dienone is 1. The predicted molar refractivity (Wildman–Crippen MR) is 66.9 cm³/mol. The van der Waals surface area contributed by atoms with Crippen molar-refractivity contribution in [3.05, 3.63) is 10.6 Å². The van der Waals surface area contributed by atoms with E-state index in [9.17, 15) is 4.79 Å². The van der Waals surface area contributed by atoms with Crippen molar-refractivity contribution >= 4 is 45.8 Å². The molecule has 2 unspecified atom stereocenters. The Bertz CT molecular complexity index is 456. The lowest BCUT2D eigenvalue weighted by atomic mass is 10.1. The smallest absolute Gasteiger partial charge is 0.231 e. The van der Waals surface area contributed by atoms with Crippen molar-refractivity contribution in [2.45, 2.75) is 13.8 Å². The Balaban J connectivity index is 2.04. The van der Waals surface area contributed by atoms with Crippen LogP contribution in [0.25, 0.3) is 0 Å². The highest BCUT2D eigenvalue weighted by Gasteiger charge is 2.60. The van der Waals surface area contributed by atoms with Gasteiger partial charge in [0.25, 0.3) is 0 Å². The highest BCUT2D eigenvalue weighted by Crippen LogP contribution is 2.59. The molecule has 1 aromatic heterocycles. The van der Waals surface area contributed by atoms with Gasteiger partial charge in [-0.05, 0) is 22.6 Å². The molecule has 1 amide bonds. The summed E-state index contributed by atoms with van der Waals surface area (Å²) in [6.45, 7) is 3.99. The molecule has 2 rings (SSSR count). The molecule has 1 fully saturated rings. The Morgan fingerprint density at radius 2 is 2.24 bits per heavy atom. The molecule has 1 aromatic rings. The number of hydrogen-bond acceptors (Lipinski definition) is 5.